The highest BCUT2D eigenvalue weighted by Gasteiger charge is 2.31. The van der Waals surface area contributed by atoms with Crippen LogP contribution in [0.25, 0.3) is 11.3 Å². The Labute approximate surface area is 210 Å². The summed E-state index contributed by atoms with van der Waals surface area (Å²) < 4.78 is 6.02. The number of primary amides is 1. The van der Waals surface area contributed by atoms with Gasteiger partial charge in [0.2, 0.25) is 11.9 Å². The number of piperidine rings is 1. The van der Waals surface area contributed by atoms with E-state index in [4.69, 9.17) is 15.4 Å². The van der Waals surface area contributed by atoms with Crippen molar-refractivity contribution in [2.24, 2.45) is 17.6 Å². The number of nitriles is 1. The van der Waals surface area contributed by atoms with Crippen LogP contribution < -0.4 is 16.0 Å². The Morgan fingerprint density at radius 1 is 1.14 bits per heavy atom. The minimum absolute atomic E-state index is 0.309. The van der Waals surface area contributed by atoms with Gasteiger partial charge in [0.15, 0.2) is 5.76 Å². The first-order chi connectivity index (χ1) is 17.6. The van der Waals surface area contributed by atoms with Crippen LogP contribution in [-0.2, 0) is 0 Å². The molecule has 1 aromatic carbocycles. The van der Waals surface area contributed by atoms with E-state index in [9.17, 15) is 4.79 Å². The van der Waals surface area contributed by atoms with Crippen LogP contribution in [0.2, 0.25) is 0 Å². The molecule has 0 bridgehead atoms. The predicted octanol–water partition coefficient (Wildman–Crippen LogP) is 4.38. The minimum Gasteiger partial charge on any atom is -0.424 e. The maximum Gasteiger partial charge on any atom is 0.295 e. The van der Waals surface area contributed by atoms with Gasteiger partial charge in [-0.15, -0.1) is 0 Å². The zero-order valence-corrected chi connectivity index (χ0v) is 20.3. The van der Waals surface area contributed by atoms with Crippen molar-refractivity contribution in [2.45, 2.75) is 51.0 Å². The second kappa shape index (κ2) is 10.8. The second-order valence-corrected chi connectivity index (χ2v) is 9.84. The summed E-state index contributed by atoms with van der Waals surface area (Å²) in [6.07, 6.45) is 13.1. The van der Waals surface area contributed by atoms with Crippen molar-refractivity contribution in [3.8, 4) is 17.4 Å². The number of aromatic nitrogens is 3. The fourth-order valence-corrected chi connectivity index (χ4v) is 5.55. The molecule has 2 aromatic heterocycles. The maximum absolute atomic E-state index is 11.5. The summed E-state index contributed by atoms with van der Waals surface area (Å²) in [5, 5.41) is 12.6. The van der Waals surface area contributed by atoms with Crippen LogP contribution >= 0.6 is 0 Å². The van der Waals surface area contributed by atoms with Gasteiger partial charge < -0.3 is 20.4 Å². The van der Waals surface area contributed by atoms with E-state index in [0.29, 0.717) is 46.7 Å². The molecule has 0 radical (unpaired) electrons. The van der Waals surface area contributed by atoms with Gasteiger partial charge in [0.05, 0.1) is 24.2 Å². The Balaban J connectivity index is 1.23. The number of hydrogen-bond donors (Lipinski definition) is 2. The number of benzene rings is 1. The lowest BCUT2D eigenvalue weighted by atomic mass is 9.77. The quantitative estimate of drug-likeness (QED) is 0.503. The number of rotatable bonds is 7. The van der Waals surface area contributed by atoms with Gasteiger partial charge in [-0.3, -0.25) is 4.79 Å². The highest BCUT2D eigenvalue weighted by Crippen LogP contribution is 2.35. The Morgan fingerprint density at radius 3 is 2.78 bits per heavy atom. The maximum atomic E-state index is 11.5. The van der Waals surface area contributed by atoms with Crippen LogP contribution in [0.3, 0.4) is 0 Å². The molecule has 1 aliphatic carbocycles. The van der Waals surface area contributed by atoms with Crippen LogP contribution in [0.1, 0.15) is 60.9 Å². The van der Waals surface area contributed by atoms with Crippen LogP contribution in [0.4, 0.5) is 12.0 Å². The fraction of sp³-hybridized carbons (Fsp3) is 0.444. The standard InChI is InChI=1S/C27H31N7O2/c28-13-19-14-30-26(31-15-19)34-10-4-5-18(17-34)11-20-6-1-2-9-23(20)33-27-32-16-24(36-27)21-7-3-8-22(12-21)25(29)35/h3,7-8,12,14-16,18,20,23H,1-2,4-6,9-11,17H2,(H2,29,35)(H,32,33)/t18?,20-,23+/m0/s1. The third-order valence-corrected chi connectivity index (χ3v) is 7.36. The summed E-state index contributed by atoms with van der Waals surface area (Å²) in [5.41, 5.74) is 7.12. The molecule has 9 nitrogen and oxygen atoms in total. The third-order valence-electron chi connectivity index (χ3n) is 7.36. The average molecular weight is 486 g/mol. The minimum atomic E-state index is -0.466. The highest BCUT2D eigenvalue weighted by molar-refractivity contribution is 5.93. The molecule has 5 rings (SSSR count). The van der Waals surface area contributed by atoms with Gasteiger partial charge in [-0.2, -0.15) is 5.26 Å². The number of carbonyl (C=O) groups excluding carboxylic acids is 1. The number of amides is 1. The summed E-state index contributed by atoms with van der Waals surface area (Å²) in [4.78, 5) is 27.0. The Hall–Kier alpha value is -3.93. The molecule has 1 unspecified atom stereocenters. The summed E-state index contributed by atoms with van der Waals surface area (Å²) in [6, 6.07) is 9.99. The largest absolute Gasteiger partial charge is 0.424 e. The van der Waals surface area contributed by atoms with E-state index in [0.717, 1.165) is 37.9 Å². The first-order valence-electron chi connectivity index (χ1n) is 12.7. The first-order valence-corrected chi connectivity index (χ1v) is 12.7. The lowest BCUT2D eigenvalue weighted by Crippen LogP contribution is -2.40. The van der Waals surface area contributed by atoms with Gasteiger partial charge in [0, 0.05) is 30.3 Å². The summed E-state index contributed by atoms with van der Waals surface area (Å²) in [5.74, 6) is 1.97. The van der Waals surface area contributed by atoms with Crippen molar-refractivity contribution >= 4 is 17.9 Å². The molecule has 3 aromatic rings. The van der Waals surface area contributed by atoms with Crippen LogP contribution in [0.5, 0.6) is 0 Å². The molecule has 1 amide bonds. The number of nitrogens with one attached hydrogen (secondary N) is 1. The number of oxazole rings is 1. The molecule has 186 valence electrons. The monoisotopic (exact) mass is 485 g/mol. The van der Waals surface area contributed by atoms with E-state index >= 15 is 0 Å². The number of hydrogen-bond acceptors (Lipinski definition) is 8. The van der Waals surface area contributed by atoms with E-state index in [1.165, 1.54) is 25.7 Å². The van der Waals surface area contributed by atoms with Crippen molar-refractivity contribution in [3.63, 3.8) is 0 Å². The van der Waals surface area contributed by atoms with E-state index < -0.39 is 5.91 Å². The van der Waals surface area contributed by atoms with Gasteiger partial charge >= 0.3 is 0 Å². The smallest absolute Gasteiger partial charge is 0.295 e. The SMILES string of the molecule is N#Cc1cnc(N2CCCC(C[C@@H]3CCCC[C@H]3Nc3ncc(-c4cccc(C(N)=O)c4)o3)C2)nc1. The molecule has 3 N–H and O–H groups in total. The Bertz CT molecular complexity index is 1230. The van der Waals surface area contributed by atoms with Gasteiger partial charge in [0.1, 0.15) is 6.07 Å². The van der Waals surface area contributed by atoms with Crippen molar-refractivity contribution < 1.29 is 9.21 Å². The average Bonchev–Trinajstić information content (AvgIpc) is 3.39. The molecule has 1 saturated carbocycles. The molecule has 0 spiro atoms. The van der Waals surface area contributed by atoms with Gasteiger partial charge in [-0.05, 0) is 56.1 Å². The Kier molecular flexibility index (Phi) is 7.12. The number of carbonyl (C=O) groups is 1. The molecule has 36 heavy (non-hydrogen) atoms. The molecule has 2 aliphatic rings. The Morgan fingerprint density at radius 2 is 1.97 bits per heavy atom. The number of nitrogens with two attached hydrogens (primary N) is 1. The summed E-state index contributed by atoms with van der Waals surface area (Å²) >= 11 is 0. The summed E-state index contributed by atoms with van der Waals surface area (Å²) in [7, 11) is 0. The molecule has 3 atom stereocenters. The van der Waals surface area contributed by atoms with Gasteiger partial charge in [-0.25, -0.2) is 15.0 Å². The highest BCUT2D eigenvalue weighted by atomic mass is 16.4. The zero-order valence-electron chi connectivity index (χ0n) is 20.3. The number of nitrogens with zero attached hydrogens (tertiary/aromatic N) is 5. The van der Waals surface area contributed by atoms with Gasteiger partial charge in [0.25, 0.3) is 6.01 Å². The lowest BCUT2D eigenvalue weighted by Gasteiger charge is -2.38. The molecular weight excluding hydrogens is 454 g/mol. The van der Waals surface area contributed by atoms with Crippen molar-refractivity contribution in [1.82, 2.24) is 15.0 Å². The van der Waals surface area contributed by atoms with Crippen molar-refractivity contribution in [2.75, 3.05) is 23.3 Å². The molecule has 1 aliphatic heterocycles. The lowest BCUT2D eigenvalue weighted by molar-refractivity contribution is 0.100. The van der Waals surface area contributed by atoms with Crippen LogP contribution in [-0.4, -0.2) is 40.0 Å². The number of anilines is 2. The molecule has 2 fully saturated rings. The van der Waals surface area contributed by atoms with E-state index in [1.54, 1.807) is 36.8 Å². The fourth-order valence-electron chi connectivity index (χ4n) is 5.55. The summed E-state index contributed by atoms with van der Waals surface area (Å²) in [6.45, 7) is 1.89. The third kappa shape index (κ3) is 5.48. The first kappa shape index (κ1) is 23.8. The molecule has 3 heterocycles. The second-order valence-electron chi connectivity index (χ2n) is 9.84. The molecular formula is C27H31N7O2. The van der Waals surface area contributed by atoms with Crippen LogP contribution in [0.15, 0.2) is 47.3 Å². The van der Waals surface area contributed by atoms with Crippen molar-refractivity contribution in [3.05, 3.63) is 54.0 Å². The normalized spacial score (nSPS) is 22.1. The zero-order chi connectivity index (χ0) is 24.9. The van der Waals surface area contributed by atoms with Crippen molar-refractivity contribution in [1.29, 1.82) is 5.26 Å². The van der Waals surface area contributed by atoms with E-state index in [1.807, 2.05) is 6.07 Å². The predicted molar refractivity (Wildman–Crippen MR) is 136 cm³/mol. The van der Waals surface area contributed by atoms with E-state index in [2.05, 4.69) is 31.2 Å². The van der Waals surface area contributed by atoms with E-state index in [-0.39, 0.29) is 0 Å². The molecule has 9 heteroatoms. The molecule has 1 saturated heterocycles. The topological polar surface area (TPSA) is 134 Å². The van der Waals surface area contributed by atoms with Gasteiger partial charge in [-0.1, -0.05) is 25.0 Å². The van der Waals surface area contributed by atoms with Crippen LogP contribution in [0, 0.1) is 23.2 Å².